The van der Waals surface area contributed by atoms with Crippen LogP contribution in [-0.4, -0.2) is 11.8 Å². The third-order valence-electron chi connectivity index (χ3n) is 3.12. The number of nitrogens with zero attached hydrogens (tertiary/aromatic N) is 1. The monoisotopic (exact) mass is 259 g/mol. The highest BCUT2D eigenvalue weighted by Gasteiger charge is 2.38. The summed E-state index contributed by atoms with van der Waals surface area (Å²) in [6.07, 6.45) is 0. The fraction of sp³-hybridized carbons (Fsp3) is 0.500. The molecule has 3 heteroatoms. The molecule has 0 heterocycles. The van der Waals surface area contributed by atoms with Crippen LogP contribution in [0.5, 0.6) is 0 Å². The molecular formula is C16H21NO2. The number of fused-ring (bicyclic) bond motifs is 1. The van der Waals surface area contributed by atoms with E-state index >= 15 is 0 Å². The van der Waals surface area contributed by atoms with Gasteiger partial charge in [0.1, 0.15) is 0 Å². The van der Waals surface area contributed by atoms with E-state index in [0.717, 1.165) is 11.1 Å². The Balaban J connectivity index is 2.41. The van der Waals surface area contributed by atoms with E-state index in [9.17, 15) is 9.59 Å². The van der Waals surface area contributed by atoms with Crippen molar-refractivity contribution in [1.82, 2.24) is 0 Å². The first-order chi connectivity index (χ1) is 8.51. The summed E-state index contributed by atoms with van der Waals surface area (Å²) in [5, 5.41) is 0. The van der Waals surface area contributed by atoms with Gasteiger partial charge in [-0.1, -0.05) is 41.5 Å². The zero-order valence-electron chi connectivity index (χ0n) is 12.5. The standard InChI is InChI=1S/C16H21NO2/c1-15(2,3)13(18)17(14(19)16(4,5)6)12-8-10-7-11(10)9-12/h7-9H,1-6H3. The molecule has 0 aliphatic heterocycles. The van der Waals surface area contributed by atoms with Crippen molar-refractivity contribution in [2.45, 2.75) is 41.5 Å². The summed E-state index contributed by atoms with van der Waals surface area (Å²) in [7, 11) is 0. The number of imide groups is 1. The van der Waals surface area contributed by atoms with Crippen LogP contribution in [0.15, 0.2) is 18.2 Å². The van der Waals surface area contributed by atoms with Crippen LogP contribution in [-0.2, 0) is 9.59 Å². The molecule has 2 aliphatic rings. The second-order valence-corrected chi connectivity index (χ2v) is 7.21. The summed E-state index contributed by atoms with van der Waals surface area (Å²) in [6, 6.07) is 5.84. The molecule has 0 radical (unpaired) electrons. The quantitative estimate of drug-likeness (QED) is 0.784. The average Bonchev–Trinajstić information content (AvgIpc) is 2.83. The summed E-state index contributed by atoms with van der Waals surface area (Å²) in [6.45, 7) is 11.0. The van der Waals surface area contributed by atoms with Gasteiger partial charge in [-0.15, -0.1) is 0 Å². The summed E-state index contributed by atoms with van der Waals surface area (Å²) in [5.41, 5.74) is 1.79. The van der Waals surface area contributed by atoms with Crippen molar-refractivity contribution in [3.05, 3.63) is 18.2 Å². The molecule has 0 unspecified atom stereocenters. The van der Waals surface area contributed by atoms with Crippen LogP contribution in [0.25, 0.3) is 11.1 Å². The molecule has 2 aliphatic carbocycles. The highest BCUT2D eigenvalue weighted by Crippen LogP contribution is 2.42. The largest absolute Gasteiger partial charge is 0.273 e. The van der Waals surface area contributed by atoms with Gasteiger partial charge in [0.15, 0.2) is 0 Å². The lowest BCUT2D eigenvalue weighted by atomic mass is 9.90. The van der Waals surface area contributed by atoms with Gasteiger partial charge in [0.05, 0.1) is 5.69 Å². The predicted molar refractivity (Wildman–Crippen MR) is 76.8 cm³/mol. The Bertz CT molecular complexity index is 513. The minimum absolute atomic E-state index is 0.155. The van der Waals surface area contributed by atoms with Gasteiger partial charge >= 0.3 is 0 Å². The molecule has 0 aromatic rings. The first-order valence-electron chi connectivity index (χ1n) is 6.56. The van der Waals surface area contributed by atoms with E-state index in [1.807, 2.05) is 59.7 Å². The van der Waals surface area contributed by atoms with Gasteiger partial charge in [-0.3, -0.25) is 9.59 Å². The Hall–Kier alpha value is -1.64. The molecule has 3 nitrogen and oxygen atoms in total. The number of benzene rings is 1. The highest BCUT2D eigenvalue weighted by atomic mass is 16.2. The zero-order valence-corrected chi connectivity index (χ0v) is 12.5. The lowest BCUT2D eigenvalue weighted by Crippen LogP contribution is -2.48. The predicted octanol–water partition coefficient (Wildman–Crippen LogP) is 3.62. The van der Waals surface area contributed by atoms with Crippen molar-refractivity contribution in [3.8, 4) is 11.1 Å². The first-order valence-corrected chi connectivity index (χ1v) is 6.56. The number of carbonyl (C=O) groups excluding carboxylic acids is 2. The highest BCUT2D eigenvalue weighted by molar-refractivity contribution is 6.19. The molecule has 0 aromatic heterocycles. The Morgan fingerprint density at radius 3 is 1.47 bits per heavy atom. The van der Waals surface area contributed by atoms with Crippen LogP contribution in [0.1, 0.15) is 41.5 Å². The van der Waals surface area contributed by atoms with Crippen molar-refractivity contribution in [2.75, 3.05) is 4.90 Å². The molecule has 0 N–H and O–H groups in total. The number of anilines is 1. The van der Waals surface area contributed by atoms with E-state index in [1.165, 1.54) is 4.90 Å². The van der Waals surface area contributed by atoms with E-state index in [0.29, 0.717) is 5.69 Å². The number of rotatable bonds is 1. The van der Waals surface area contributed by atoms with Crippen LogP contribution in [0, 0.1) is 10.8 Å². The normalized spacial score (nSPS) is 13.2. The van der Waals surface area contributed by atoms with Gasteiger partial charge in [0.2, 0.25) is 11.8 Å². The summed E-state index contributed by atoms with van der Waals surface area (Å²) >= 11 is 0. The van der Waals surface area contributed by atoms with E-state index in [1.54, 1.807) is 0 Å². The second-order valence-electron chi connectivity index (χ2n) is 7.21. The van der Waals surface area contributed by atoms with Crippen LogP contribution < -0.4 is 4.90 Å². The Labute approximate surface area is 114 Å². The Morgan fingerprint density at radius 1 is 0.789 bits per heavy atom. The van der Waals surface area contributed by atoms with E-state index in [2.05, 4.69) is 0 Å². The van der Waals surface area contributed by atoms with Crippen molar-refractivity contribution in [1.29, 1.82) is 0 Å². The molecule has 102 valence electrons. The van der Waals surface area contributed by atoms with Crippen molar-refractivity contribution in [3.63, 3.8) is 0 Å². The summed E-state index contributed by atoms with van der Waals surface area (Å²) < 4.78 is 0. The number of carbonyl (C=O) groups is 2. The minimum atomic E-state index is -0.582. The molecule has 2 rings (SSSR count). The topological polar surface area (TPSA) is 37.4 Å². The van der Waals surface area contributed by atoms with E-state index in [4.69, 9.17) is 0 Å². The van der Waals surface area contributed by atoms with Crippen molar-refractivity contribution >= 4 is 17.5 Å². The van der Waals surface area contributed by atoms with Gasteiger partial charge in [-0.2, -0.15) is 0 Å². The van der Waals surface area contributed by atoms with Crippen molar-refractivity contribution < 1.29 is 9.59 Å². The zero-order chi connectivity index (χ0) is 14.6. The maximum Gasteiger partial charge on any atom is 0.239 e. The van der Waals surface area contributed by atoms with Crippen LogP contribution in [0.4, 0.5) is 5.69 Å². The Morgan fingerprint density at radius 2 is 1.16 bits per heavy atom. The molecule has 0 saturated heterocycles. The molecule has 0 bridgehead atoms. The van der Waals surface area contributed by atoms with Crippen molar-refractivity contribution in [2.24, 2.45) is 10.8 Å². The first kappa shape index (κ1) is 13.8. The van der Waals surface area contributed by atoms with Gasteiger partial charge in [-0.25, -0.2) is 4.90 Å². The molecule has 2 amide bonds. The maximum absolute atomic E-state index is 12.6. The van der Waals surface area contributed by atoms with Crippen LogP contribution in [0.2, 0.25) is 0 Å². The fourth-order valence-corrected chi connectivity index (χ4v) is 1.87. The molecule has 0 spiro atoms. The lowest BCUT2D eigenvalue weighted by molar-refractivity contribution is -0.134. The number of hydrogen-bond donors (Lipinski definition) is 0. The fourth-order valence-electron chi connectivity index (χ4n) is 1.87. The minimum Gasteiger partial charge on any atom is -0.273 e. The second kappa shape index (κ2) is 3.92. The van der Waals surface area contributed by atoms with Gasteiger partial charge in [-0.05, 0) is 29.3 Å². The summed E-state index contributed by atoms with van der Waals surface area (Å²) in [4.78, 5) is 26.5. The number of hydrogen-bond acceptors (Lipinski definition) is 2. The molecule has 19 heavy (non-hydrogen) atoms. The smallest absolute Gasteiger partial charge is 0.239 e. The van der Waals surface area contributed by atoms with E-state index in [-0.39, 0.29) is 11.8 Å². The SMILES string of the molecule is CC(C)(C)C(=O)N(C(=O)C(C)(C)C)c1cc2cc-2c1. The van der Waals surface area contributed by atoms with E-state index < -0.39 is 10.8 Å². The third-order valence-corrected chi connectivity index (χ3v) is 3.12. The van der Waals surface area contributed by atoms with Crippen LogP contribution >= 0.6 is 0 Å². The van der Waals surface area contributed by atoms with Gasteiger partial charge in [0, 0.05) is 10.8 Å². The third kappa shape index (κ3) is 2.55. The maximum atomic E-state index is 12.6. The van der Waals surface area contributed by atoms with Crippen LogP contribution in [0.3, 0.4) is 0 Å². The molecule has 0 fully saturated rings. The summed E-state index contributed by atoms with van der Waals surface area (Å²) in [5.74, 6) is -0.310. The molecule has 0 atom stereocenters. The lowest BCUT2D eigenvalue weighted by Gasteiger charge is -2.32. The molecular weight excluding hydrogens is 238 g/mol. The average molecular weight is 259 g/mol. The molecule has 0 saturated carbocycles. The Kier molecular flexibility index (Phi) is 2.85. The van der Waals surface area contributed by atoms with Gasteiger partial charge < -0.3 is 0 Å². The number of amides is 2. The van der Waals surface area contributed by atoms with Gasteiger partial charge in [0.25, 0.3) is 0 Å². The molecule has 0 aromatic carbocycles.